The quantitative estimate of drug-likeness (QED) is 0.679. The summed E-state index contributed by atoms with van der Waals surface area (Å²) in [7, 11) is 0. The summed E-state index contributed by atoms with van der Waals surface area (Å²) in [4.78, 5) is 0. The first kappa shape index (κ1) is 15.1. The zero-order valence-electron chi connectivity index (χ0n) is 11.2. The van der Waals surface area contributed by atoms with Gasteiger partial charge in [0.2, 0.25) is 0 Å². The molecule has 0 saturated heterocycles. The van der Waals surface area contributed by atoms with E-state index in [4.69, 9.17) is 9.47 Å². The highest BCUT2D eigenvalue weighted by Gasteiger charge is 2.19. The van der Waals surface area contributed by atoms with Crippen LogP contribution in [0.4, 0.5) is 0 Å². The highest BCUT2D eigenvalue weighted by Crippen LogP contribution is 2.39. The lowest BCUT2D eigenvalue weighted by Gasteiger charge is -2.16. The van der Waals surface area contributed by atoms with Crippen molar-refractivity contribution in [3.63, 3.8) is 0 Å². The highest BCUT2D eigenvalue weighted by molar-refractivity contribution is 14.1. The van der Waals surface area contributed by atoms with Crippen molar-refractivity contribution in [3.8, 4) is 11.5 Å². The molecule has 2 aromatic rings. The van der Waals surface area contributed by atoms with Gasteiger partial charge in [-0.15, -0.1) is 0 Å². The van der Waals surface area contributed by atoms with Crippen LogP contribution in [0.25, 0.3) is 0 Å². The number of hydrogen-bond donors (Lipinski definition) is 1. The van der Waals surface area contributed by atoms with E-state index in [9.17, 15) is 5.11 Å². The standard InChI is InChI=1S/C16H14BrIO3/c17-13-9-15-14(20-5-2-6-21-15)8-12(13)16(19)10-3-1-4-11(18)7-10/h1,3-4,7-9,16,19H,2,5-6H2. The third-order valence-electron chi connectivity index (χ3n) is 3.33. The molecule has 0 aliphatic carbocycles. The van der Waals surface area contributed by atoms with Gasteiger partial charge in [0.15, 0.2) is 11.5 Å². The maximum atomic E-state index is 10.6. The highest BCUT2D eigenvalue weighted by atomic mass is 127. The van der Waals surface area contributed by atoms with Crippen LogP contribution in [-0.2, 0) is 0 Å². The number of halogens is 2. The maximum absolute atomic E-state index is 10.6. The Hall–Kier alpha value is -0.790. The van der Waals surface area contributed by atoms with Crippen molar-refractivity contribution in [1.82, 2.24) is 0 Å². The van der Waals surface area contributed by atoms with E-state index in [0.717, 1.165) is 31.3 Å². The lowest BCUT2D eigenvalue weighted by Crippen LogP contribution is -2.02. The first-order chi connectivity index (χ1) is 10.1. The van der Waals surface area contributed by atoms with Crippen molar-refractivity contribution < 1.29 is 14.6 Å². The van der Waals surface area contributed by atoms with Gasteiger partial charge in [0.25, 0.3) is 0 Å². The van der Waals surface area contributed by atoms with Crippen LogP contribution in [0.2, 0.25) is 0 Å². The fraction of sp³-hybridized carbons (Fsp3) is 0.250. The average Bonchev–Trinajstić information content (AvgIpc) is 2.70. The molecule has 0 radical (unpaired) electrons. The summed E-state index contributed by atoms with van der Waals surface area (Å²) in [6.07, 6.45) is 0.160. The van der Waals surface area contributed by atoms with Gasteiger partial charge >= 0.3 is 0 Å². The van der Waals surface area contributed by atoms with Gasteiger partial charge in [-0.1, -0.05) is 28.1 Å². The van der Waals surface area contributed by atoms with E-state index in [1.165, 1.54) is 0 Å². The topological polar surface area (TPSA) is 38.7 Å². The molecule has 1 N–H and O–H groups in total. The van der Waals surface area contributed by atoms with Crippen molar-refractivity contribution in [2.45, 2.75) is 12.5 Å². The van der Waals surface area contributed by atoms with E-state index in [2.05, 4.69) is 38.5 Å². The molecule has 0 aromatic heterocycles. The summed E-state index contributed by atoms with van der Waals surface area (Å²) in [5.74, 6) is 1.41. The fourth-order valence-electron chi connectivity index (χ4n) is 2.27. The Bertz CT molecular complexity index is 660. The lowest BCUT2D eigenvalue weighted by atomic mass is 10.0. The molecule has 0 amide bonds. The molecule has 0 spiro atoms. The van der Waals surface area contributed by atoms with Crippen molar-refractivity contribution in [3.05, 3.63) is 55.6 Å². The lowest BCUT2D eigenvalue weighted by molar-refractivity contribution is 0.218. The van der Waals surface area contributed by atoms with Crippen molar-refractivity contribution >= 4 is 38.5 Å². The van der Waals surface area contributed by atoms with Crippen molar-refractivity contribution in [2.24, 2.45) is 0 Å². The van der Waals surface area contributed by atoms with E-state index in [-0.39, 0.29) is 0 Å². The summed E-state index contributed by atoms with van der Waals surface area (Å²) in [5, 5.41) is 10.6. The Morgan fingerprint density at radius 2 is 1.81 bits per heavy atom. The third kappa shape index (κ3) is 3.35. The average molecular weight is 461 g/mol. The minimum absolute atomic E-state index is 0.632. The summed E-state index contributed by atoms with van der Waals surface area (Å²) in [6.45, 7) is 1.28. The van der Waals surface area contributed by atoms with Crippen LogP contribution >= 0.6 is 38.5 Å². The first-order valence-corrected chi connectivity index (χ1v) is 8.55. The van der Waals surface area contributed by atoms with Crippen LogP contribution in [0.5, 0.6) is 11.5 Å². The molecule has 1 aliphatic heterocycles. The Morgan fingerprint density at radius 3 is 2.52 bits per heavy atom. The molecular weight excluding hydrogens is 447 g/mol. The van der Waals surface area contributed by atoms with E-state index >= 15 is 0 Å². The van der Waals surface area contributed by atoms with Crippen LogP contribution in [0, 0.1) is 3.57 Å². The molecule has 5 heteroatoms. The van der Waals surface area contributed by atoms with Gasteiger partial charge in [-0.2, -0.15) is 0 Å². The van der Waals surface area contributed by atoms with Gasteiger partial charge in [0.1, 0.15) is 6.10 Å². The van der Waals surface area contributed by atoms with Crippen LogP contribution in [0.1, 0.15) is 23.7 Å². The third-order valence-corrected chi connectivity index (χ3v) is 4.68. The zero-order valence-corrected chi connectivity index (χ0v) is 14.9. The first-order valence-electron chi connectivity index (χ1n) is 6.68. The Kier molecular flexibility index (Phi) is 4.71. The molecule has 1 unspecified atom stereocenters. The second-order valence-electron chi connectivity index (χ2n) is 4.83. The molecule has 110 valence electrons. The molecule has 0 saturated carbocycles. The number of aliphatic hydroxyl groups is 1. The normalized spacial score (nSPS) is 15.4. The smallest absolute Gasteiger partial charge is 0.162 e. The SMILES string of the molecule is OC(c1cccc(I)c1)c1cc2c(cc1Br)OCCCO2. The van der Waals surface area contributed by atoms with E-state index in [0.29, 0.717) is 19.0 Å². The number of ether oxygens (including phenoxy) is 2. The van der Waals surface area contributed by atoms with E-state index in [1.54, 1.807) is 0 Å². The zero-order chi connectivity index (χ0) is 14.8. The molecular formula is C16H14BrIO3. The summed E-state index contributed by atoms with van der Waals surface area (Å²) in [6, 6.07) is 11.6. The summed E-state index contributed by atoms with van der Waals surface area (Å²) >= 11 is 5.76. The molecule has 1 atom stereocenters. The molecule has 2 aromatic carbocycles. The number of rotatable bonds is 2. The molecule has 1 heterocycles. The minimum atomic E-state index is -0.703. The van der Waals surface area contributed by atoms with Gasteiger partial charge in [0, 0.05) is 20.0 Å². The van der Waals surface area contributed by atoms with Gasteiger partial charge in [-0.05, 0) is 52.4 Å². The maximum Gasteiger partial charge on any atom is 0.162 e. The fourth-order valence-corrected chi connectivity index (χ4v) is 3.37. The predicted molar refractivity (Wildman–Crippen MR) is 93.0 cm³/mol. The Morgan fingerprint density at radius 1 is 1.10 bits per heavy atom. The van der Waals surface area contributed by atoms with Gasteiger partial charge < -0.3 is 14.6 Å². The van der Waals surface area contributed by atoms with Gasteiger partial charge in [-0.25, -0.2) is 0 Å². The van der Waals surface area contributed by atoms with Gasteiger partial charge in [0.05, 0.1) is 13.2 Å². The van der Waals surface area contributed by atoms with Crippen LogP contribution < -0.4 is 9.47 Å². The number of hydrogen-bond acceptors (Lipinski definition) is 3. The Balaban J connectivity index is 2.00. The molecule has 3 rings (SSSR count). The van der Waals surface area contributed by atoms with Gasteiger partial charge in [-0.3, -0.25) is 0 Å². The summed E-state index contributed by atoms with van der Waals surface area (Å²) in [5.41, 5.74) is 1.64. The Labute approximate surface area is 145 Å². The number of fused-ring (bicyclic) bond motifs is 1. The van der Waals surface area contributed by atoms with Crippen molar-refractivity contribution in [1.29, 1.82) is 0 Å². The van der Waals surface area contributed by atoms with Crippen LogP contribution in [0.15, 0.2) is 40.9 Å². The van der Waals surface area contributed by atoms with E-state index in [1.807, 2.05) is 36.4 Å². The summed E-state index contributed by atoms with van der Waals surface area (Å²) < 4.78 is 13.3. The minimum Gasteiger partial charge on any atom is -0.490 e. The molecule has 21 heavy (non-hydrogen) atoms. The van der Waals surface area contributed by atoms with Crippen molar-refractivity contribution in [2.75, 3.05) is 13.2 Å². The second-order valence-corrected chi connectivity index (χ2v) is 6.93. The molecule has 0 bridgehead atoms. The van der Waals surface area contributed by atoms with Crippen LogP contribution in [-0.4, -0.2) is 18.3 Å². The monoisotopic (exact) mass is 460 g/mol. The van der Waals surface area contributed by atoms with E-state index < -0.39 is 6.10 Å². The molecule has 1 aliphatic rings. The molecule has 3 nitrogen and oxygen atoms in total. The second kappa shape index (κ2) is 6.54. The predicted octanol–water partition coefficient (Wildman–Crippen LogP) is 4.30. The number of benzene rings is 2. The largest absolute Gasteiger partial charge is 0.490 e. The number of aliphatic hydroxyl groups excluding tert-OH is 1. The molecule has 0 fully saturated rings. The van der Waals surface area contributed by atoms with Crippen LogP contribution in [0.3, 0.4) is 0 Å².